The quantitative estimate of drug-likeness (QED) is 0.506. The molecule has 0 aromatic heterocycles. The minimum Gasteiger partial charge on any atom is -0.204 e. The van der Waals surface area contributed by atoms with Gasteiger partial charge in [-0.1, -0.05) is 54.1 Å². The maximum absolute atomic E-state index is 13.4. The summed E-state index contributed by atoms with van der Waals surface area (Å²) in [6.07, 6.45) is 12.5. The van der Waals surface area contributed by atoms with E-state index in [9.17, 15) is 8.78 Å². The van der Waals surface area contributed by atoms with Crippen LogP contribution in [0.4, 0.5) is 8.78 Å². The third-order valence-corrected chi connectivity index (χ3v) is 5.01. The Morgan fingerprint density at radius 3 is 2.40 bits per heavy atom. The zero-order valence-electron chi connectivity index (χ0n) is 14.6. The van der Waals surface area contributed by atoms with Gasteiger partial charge >= 0.3 is 0 Å². The molecule has 2 aromatic rings. The van der Waals surface area contributed by atoms with Crippen LogP contribution >= 0.6 is 0 Å². The van der Waals surface area contributed by atoms with Crippen LogP contribution in [-0.2, 0) is 0 Å². The molecule has 1 atom stereocenters. The van der Waals surface area contributed by atoms with Crippen LogP contribution < -0.4 is 0 Å². The Morgan fingerprint density at radius 1 is 1.00 bits per heavy atom. The van der Waals surface area contributed by atoms with Crippen molar-refractivity contribution in [3.05, 3.63) is 83.5 Å². The number of halogens is 2. The molecule has 0 fully saturated rings. The molecule has 130 valence electrons. The van der Waals surface area contributed by atoms with E-state index in [4.69, 9.17) is 0 Å². The summed E-state index contributed by atoms with van der Waals surface area (Å²) in [5, 5.41) is 0. The van der Waals surface area contributed by atoms with Crippen molar-refractivity contribution in [2.45, 2.75) is 44.9 Å². The molecule has 0 nitrogen and oxygen atoms in total. The molecule has 0 amide bonds. The first kappa shape index (κ1) is 17.6. The zero-order valence-corrected chi connectivity index (χ0v) is 14.6. The van der Waals surface area contributed by atoms with Gasteiger partial charge in [0.25, 0.3) is 0 Å². The van der Waals surface area contributed by atoms with Crippen LogP contribution in [-0.4, -0.2) is 0 Å². The molecule has 0 bridgehead atoms. The predicted octanol–water partition coefficient (Wildman–Crippen LogP) is 7.18. The summed E-state index contributed by atoms with van der Waals surface area (Å²) in [7, 11) is 0. The van der Waals surface area contributed by atoms with Crippen LogP contribution in [0, 0.1) is 11.6 Å². The summed E-state index contributed by atoms with van der Waals surface area (Å²) >= 11 is 0. The fourth-order valence-electron chi connectivity index (χ4n) is 3.48. The van der Waals surface area contributed by atoms with Crippen molar-refractivity contribution >= 4 is 0 Å². The van der Waals surface area contributed by atoms with E-state index in [0.717, 1.165) is 18.4 Å². The topological polar surface area (TPSA) is 0 Å². The molecule has 1 aliphatic rings. The number of allylic oxidation sites excluding steroid dienone is 4. The molecule has 0 radical (unpaired) electrons. The van der Waals surface area contributed by atoms with Crippen LogP contribution in [0.25, 0.3) is 11.1 Å². The first-order valence-electron chi connectivity index (χ1n) is 9.02. The summed E-state index contributed by atoms with van der Waals surface area (Å²) in [5.74, 6) is -1.05. The maximum atomic E-state index is 13.4. The minimum absolute atomic E-state index is 0.560. The molecule has 0 spiro atoms. The molecule has 2 aromatic carbocycles. The highest BCUT2D eigenvalue weighted by Gasteiger charge is 2.16. The Balaban J connectivity index is 1.66. The monoisotopic (exact) mass is 338 g/mol. The van der Waals surface area contributed by atoms with E-state index in [0.29, 0.717) is 11.5 Å². The van der Waals surface area contributed by atoms with Crippen LogP contribution in [0.5, 0.6) is 0 Å². The van der Waals surface area contributed by atoms with Crippen molar-refractivity contribution in [1.82, 2.24) is 0 Å². The Kier molecular flexibility index (Phi) is 5.80. The predicted molar refractivity (Wildman–Crippen MR) is 101 cm³/mol. The van der Waals surface area contributed by atoms with Gasteiger partial charge in [0, 0.05) is 0 Å². The van der Waals surface area contributed by atoms with Gasteiger partial charge in [-0.15, -0.1) is 0 Å². The molecule has 0 saturated carbocycles. The normalized spacial score (nSPS) is 17.7. The van der Waals surface area contributed by atoms with Gasteiger partial charge in [-0.2, -0.15) is 0 Å². The molecule has 0 aliphatic heterocycles. The molecule has 2 heteroatoms. The summed E-state index contributed by atoms with van der Waals surface area (Å²) < 4.78 is 26.5. The summed E-state index contributed by atoms with van der Waals surface area (Å²) in [6, 6.07) is 12.3. The second-order valence-corrected chi connectivity index (χ2v) is 6.69. The summed E-state index contributed by atoms with van der Waals surface area (Å²) in [5.41, 5.74) is 4.53. The highest BCUT2D eigenvalue weighted by molar-refractivity contribution is 5.63. The van der Waals surface area contributed by atoms with E-state index < -0.39 is 11.6 Å². The van der Waals surface area contributed by atoms with Crippen molar-refractivity contribution < 1.29 is 8.78 Å². The van der Waals surface area contributed by atoms with Gasteiger partial charge in [-0.05, 0) is 73.8 Å². The van der Waals surface area contributed by atoms with Crippen molar-refractivity contribution in [2.24, 2.45) is 0 Å². The van der Waals surface area contributed by atoms with Crippen LogP contribution in [0.2, 0.25) is 0 Å². The third-order valence-electron chi connectivity index (χ3n) is 5.01. The maximum Gasteiger partial charge on any atom is 0.159 e. The van der Waals surface area contributed by atoms with Gasteiger partial charge < -0.3 is 0 Å². The molecule has 1 unspecified atom stereocenters. The number of rotatable bonds is 5. The van der Waals surface area contributed by atoms with Crippen molar-refractivity contribution in [3.8, 4) is 11.1 Å². The average molecular weight is 338 g/mol. The lowest BCUT2D eigenvalue weighted by Gasteiger charge is -2.22. The second kappa shape index (κ2) is 8.24. The van der Waals surface area contributed by atoms with Crippen LogP contribution in [0.15, 0.2) is 66.3 Å². The molecule has 25 heavy (non-hydrogen) atoms. The Bertz CT molecular complexity index is 769. The first-order valence-corrected chi connectivity index (χ1v) is 9.02. The SMILES string of the molecule is C/C=C/CCC1=CCC(c2ccc(-c3ccc(F)c(F)c3)cc2)CC1. The van der Waals surface area contributed by atoms with Gasteiger partial charge in [-0.25, -0.2) is 8.78 Å². The standard InChI is InChI=1S/C23H24F2/c1-2-3-4-5-17-6-8-18(9-7-17)19-10-12-20(13-11-19)21-14-15-22(24)23(25)16-21/h2-3,6,10-16,18H,4-5,7-9H2,1H3/b3-2+. The van der Waals surface area contributed by atoms with Gasteiger partial charge in [0.1, 0.15) is 0 Å². The van der Waals surface area contributed by atoms with Crippen LogP contribution in [0.1, 0.15) is 50.5 Å². The summed E-state index contributed by atoms with van der Waals surface area (Å²) in [4.78, 5) is 0. The molecule has 0 N–H and O–H groups in total. The van der Waals surface area contributed by atoms with E-state index in [1.807, 2.05) is 12.1 Å². The van der Waals surface area contributed by atoms with E-state index in [1.165, 1.54) is 37.0 Å². The third kappa shape index (κ3) is 4.45. The minimum atomic E-state index is -0.806. The van der Waals surface area contributed by atoms with Crippen molar-refractivity contribution in [2.75, 3.05) is 0 Å². The van der Waals surface area contributed by atoms with Gasteiger partial charge in [0.15, 0.2) is 11.6 Å². The molecular formula is C23H24F2. The van der Waals surface area contributed by atoms with Crippen molar-refractivity contribution in [1.29, 1.82) is 0 Å². The molecule has 0 heterocycles. The molecule has 0 saturated heterocycles. The van der Waals surface area contributed by atoms with Crippen molar-refractivity contribution in [3.63, 3.8) is 0 Å². The molecule has 1 aliphatic carbocycles. The fraction of sp³-hybridized carbons (Fsp3) is 0.304. The molecular weight excluding hydrogens is 314 g/mol. The number of hydrogen-bond donors (Lipinski definition) is 0. The Morgan fingerprint density at radius 2 is 1.76 bits per heavy atom. The Labute approximate surface area is 148 Å². The van der Waals surface area contributed by atoms with E-state index in [2.05, 4.69) is 37.3 Å². The highest BCUT2D eigenvalue weighted by atomic mass is 19.2. The second-order valence-electron chi connectivity index (χ2n) is 6.69. The van der Waals surface area contributed by atoms with Gasteiger partial charge in [-0.3, -0.25) is 0 Å². The fourth-order valence-corrected chi connectivity index (χ4v) is 3.48. The number of benzene rings is 2. The summed E-state index contributed by atoms with van der Waals surface area (Å²) in [6.45, 7) is 2.06. The lowest BCUT2D eigenvalue weighted by molar-refractivity contribution is 0.509. The Hall–Kier alpha value is -2.22. The smallest absolute Gasteiger partial charge is 0.159 e. The van der Waals surface area contributed by atoms with Gasteiger partial charge in [0.2, 0.25) is 0 Å². The zero-order chi connectivity index (χ0) is 17.6. The highest BCUT2D eigenvalue weighted by Crippen LogP contribution is 2.34. The first-order chi connectivity index (χ1) is 12.2. The number of hydrogen-bond acceptors (Lipinski definition) is 0. The largest absolute Gasteiger partial charge is 0.204 e. The van der Waals surface area contributed by atoms with Gasteiger partial charge in [0.05, 0.1) is 0 Å². The average Bonchev–Trinajstić information content (AvgIpc) is 2.65. The van der Waals surface area contributed by atoms with E-state index >= 15 is 0 Å². The van der Waals surface area contributed by atoms with E-state index in [1.54, 1.807) is 11.6 Å². The van der Waals surface area contributed by atoms with Crippen LogP contribution in [0.3, 0.4) is 0 Å². The molecule has 3 rings (SSSR count). The van der Waals surface area contributed by atoms with E-state index in [-0.39, 0.29) is 0 Å². The lowest BCUT2D eigenvalue weighted by Crippen LogP contribution is -2.04. The lowest BCUT2D eigenvalue weighted by atomic mass is 9.83.